The molecule has 0 saturated heterocycles. The molecule has 0 spiro atoms. The van der Waals surface area contributed by atoms with E-state index in [1.807, 2.05) is 25.1 Å². The van der Waals surface area contributed by atoms with Gasteiger partial charge in [0.25, 0.3) is 17.4 Å². The van der Waals surface area contributed by atoms with Gasteiger partial charge in [-0.2, -0.15) is 0 Å². The lowest BCUT2D eigenvalue weighted by molar-refractivity contribution is 0.0706. The molecule has 0 aliphatic carbocycles. The van der Waals surface area contributed by atoms with Crippen LogP contribution in [0.25, 0.3) is 16.6 Å². The number of primary amides is 1. The first-order valence-electron chi connectivity index (χ1n) is 13.2. The molecule has 14 heteroatoms. The quantitative estimate of drug-likeness (QED) is 0.104. The highest BCUT2D eigenvalue weighted by Gasteiger charge is 2.24. The van der Waals surface area contributed by atoms with Crippen molar-refractivity contribution in [3.8, 4) is 5.69 Å². The number of hydrogen-bond donors (Lipinski definition) is 6. The Morgan fingerprint density at radius 3 is 2.49 bits per heavy atom. The lowest BCUT2D eigenvalue weighted by Crippen LogP contribution is -2.29. The Kier molecular flexibility index (Phi) is 8.20. The minimum absolute atomic E-state index is 0.0551. The number of fused-ring (bicyclic) bond motifs is 1. The van der Waals surface area contributed by atoms with Gasteiger partial charge >= 0.3 is 0 Å². The zero-order valence-corrected chi connectivity index (χ0v) is 23.0. The number of hydroxylamine groups is 1. The number of nitrogens with one attached hydrogen (secondary N) is 3. The van der Waals surface area contributed by atoms with E-state index in [4.69, 9.17) is 21.7 Å². The molecule has 3 aromatic heterocycles. The summed E-state index contributed by atoms with van der Waals surface area (Å²) >= 11 is 0. The van der Waals surface area contributed by atoms with Crippen molar-refractivity contribution in [3.63, 3.8) is 0 Å². The van der Waals surface area contributed by atoms with Crippen molar-refractivity contribution in [2.45, 2.75) is 25.9 Å². The summed E-state index contributed by atoms with van der Waals surface area (Å²) in [5, 5.41) is 15.6. The number of benzene rings is 2. The van der Waals surface area contributed by atoms with E-state index in [-0.39, 0.29) is 34.9 Å². The minimum Gasteiger partial charge on any atom is -0.383 e. The van der Waals surface area contributed by atoms with Crippen LogP contribution in [-0.2, 0) is 6.54 Å². The number of carbonyl (C=O) groups excluding carboxylic acids is 2. The fourth-order valence-electron chi connectivity index (χ4n) is 4.63. The molecule has 218 valence electrons. The Balaban J connectivity index is 1.59. The second kappa shape index (κ2) is 12.3. The third-order valence-corrected chi connectivity index (χ3v) is 6.74. The Morgan fingerprint density at radius 1 is 1.02 bits per heavy atom. The SMILES string of the molecule is CCC(Nc1ncnc(N)c1C(N)=O)c1nc2cccc(NCc3ccc(C(=O)NO)cn3)c2c(=O)n1-c1ccccc1. The summed E-state index contributed by atoms with van der Waals surface area (Å²) in [5.74, 6) is -1.01. The molecule has 0 saturated carbocycles. The molecule has 2 aromatic carbocycles. The van der Waals surface area contributed by atoms with Gasteiger partial charge in [0.1, 0.15) is 29.4 Å². The summed E-state index contributed by atoms with van der Waals surface area (Å²) in [7, 11) is 0. The van der Waals surface area contributed by atoms with Crippen LogP contribution in [-0.4, -0.2) is 41.5 Å². The van der Waals surface area contributed by atoms with E-state index < -0.39 is 17.9 Å². The lowest BCUT2D eigenvalue weighted by atomic mass is 10.1. The van der Waals surface area contributed by atoms with E-state index in [9.17, 15) is 14.4 Å². The molecule has 8 N–H and O–H groups in total. The molecule has 14 nitrogen and oxygen atoms in total. The molecule has 0 aliphatic heterocycles. The van der Waals surface area contributed by atoms with Crippen molar-refractivity contribution in [3.05, 3.63) is 106 Å². The highest BCUT2D eigenvalue weighted by molar-refractivity contribution is 6.01. The molecule has 2 amide bonds. The van der Waals surface area contributed by atoms with Gasteiger partial charge in [0, 0.05) is 11.9 Å². The van der Waals surface area contributed by atoms with Crippen LogP contribution >= 0.6 is 0 Å². The van der Waals surface area contributed by atoms with Crippen molar-refractivity contribution in [1.82, 2.24) is 30.0 Å². The summed E-state index contributed by atoms with van der Waals surface area (Å²) in [6, 6.07) is 16.9. The number of nitrogens with two attached hydrogens (primary N) is 2. The molecular formula is C29H28N10O4. The Labute approximate surface area is 244 Å². The normalized spacial score (nSPS) is 11.6. The maximum Gasteiger partial charge on any atom is 0.276 e. The van der Waals surface area contributed by atoms with Gasteiger partial charge in [0.15, 0.2) is 0 Å². The second-order valence-corrected chi connectivity index (χ2v) is 9.43. The van der Waals surface area contributed by atoms with E-state index in [1.165, 1.54) is 23.2 Å². The summed E-state index contributed by atoms with van der Waals surface area (Å²) in [6.45, 7) is 2.15. The molecule has 3 heterocycles. The molecule has 0 bridgehead atoms. The Hall–Kier alpha value is -5.89. The van der Waals surface area contributed by atoms with Crippen LogP contribution in [0.5, 0.6) is 0 Å². The number of amides is 2. The highest BCUT2D eigenvalue weighted by Crippen LogP contribution is 2.28. The van der Waals surface area contributed by atoms with E-state index >= 15 is 0 Å². The predicted octanol–water partition coefficient (Wildman–Crippen LogP) is 2.55. The minimum atomic E-state index is -0.793. The highest BCUT2D eigenvalue weighted by atomic mass is 16.5. The lowest BCUT2D eigenvalue weighted by Gasteiger charge is -2.23. The molecule has 0 fully saturated rings. The Morgan fingerprint density at radius 2 is 1.81 bits per heavy atom. The summed E-state index contributed by atoms with van der Waals surface area (Å²) in [6.07, 6.45) is 3.02. The zero-order valence-electron chi connectivity index (χ0n) is 23.0. The van der Waals surface area contributed by atoms with E-state index in [1.54, 1.807) is 41.9 Å². The molecular weight excluding hydrogens is 552 g/mol. The van der Waals surface area contributed by atoms with Crippen LogP contribution in [0.15, 0.2) is 78.0 Å². The average Bonchev–Trinajstić information content (AvgIpc) is 3.02. The van der Waals surface area contributed by atoms with Gasteiger partial charge in [0.2, 0.25) is 0 Å². The Bertz CT molecular complexity index is 1860. The van der Waals surface area contributed by atoms with Gasteiger partial charge in [-0.1, -0.05) is 31.2 Å². The monoisotopic (exact) mass is 580 g/mol. The number of pyridine rings is 1. The van der Waals surface area contributed by atoms with E-state index in [2.05, 4.69) is 25.6 Å². The topological polar surface area (TPSA) is 216 Å². The molecule has 0 aliphatic rings. The van der Waals surface area contributed by atoms with E-state index in [0.717, 1.165) is 0 Å². The first-order valence-corrected chi connectivity index (χ1v) is 13.2. The van der Waals surface area contributed by atoms with Gasteiger partial charge in [-0.15, -0.1) is 0 Å². The fraction of sp³-hybridized carbons (Fsp3) is 0.138. The predicted molar refractivity (Wildman–Crippen MR) is 160 cm³/mol. The van der Waals surface area contributed by atoms with Crippen LogP contribution in [0, 0.1) is 0 Å². The summed E-state index contributed by atoms with van der Waals surface area (Å²) < 4.78 is 1.52. The maximum absolute atomic E-state index is 14.3. The second-order valence-electron chi connectivity index (χ2n) is 9.43. The number of nitrogens with zero attached hydrogens (tertiary/aromatic N) is 5. The van der Waals surface area contributed by atoms with Crippen molar-refractivity contribution < 1.29 is 14.8 Å². The summed E-state index contributed by atoms with van der Waals surface area (Å²) in [5.41, 5.74) is 15.0. The first kappa shape index (κ1) is 28.6. The third kappa shape index (κ3) is 5.80. The molecule has 0 radical (unpaired) electrons. The molecule has 1 unspecified atom stereocenters. The maximum atomic E-state index is 14.3. The van der Waals surface area contributed by atoms with Crippen molar-refractivity contribution in [1.29, 1.82) is 0 Å². The average molecular weight is 581 g/mol. The van der Waals surface area contributed by atoms with Gasteiger partial charge in [0.05, 0.1) is 40.4 Å². The molecule has 5 aromatic rings. The van der Waals surface area contributed by atoms with Crippen LogP contribution in [0.4, 0.5) is 17.3 Å². The van der Waals surface area contributed by atoms with Crippen LogP contribution in [0.3, 0.4) is 0 Å². The largest absolute Gasteiger partial charge is 0.383 e. The van der Waals surface area contributed by atoms with Crippen molar-refractivity contribution in [2.24, 2.45) is 5.73 Å². The van der Waals surface area contributed by atoms with Crippen molar-refractivity contribution >= 4 is 40.0 Å². The number of anilines is 3. The third-order valence-electron chi connectivity index (χ3n) is 6.74. The van der Waals surface area contributed by atoms with Crippen LogP contribution in [0.1, 0.15) is 51.6 Å². The number of hydrogen-bond acceptors (Lipinski definition) is 11. The zero-order chi connectivity index (χ0) is 30.5. The fourth-order valence-corrected chi connectivity index (χ4v) is 4.63. The van der Waals surface area contributed by atoms with Gasteiger partial charge < -0.3 is 22.1 Å². The number of rotatable bonds is 10. The molecule has 1 atom stereocenters. The first-order chi connectivity index (χ1) is 20.8. The van der Waals surface area contributed by atoms with Gasteiger partial charge in [-0.05, 0) is 42.8 Å². The van der Waals surface area contributed by atoms with Gasteiger partial charge in [-0.3, -0.25) is 29.1 Å². The van der Waals surface area contributed by atoms with Crippen LogP contribution in [0.2, 0.25) is 0 Å². The number of carbonyl (C=O) groups is 2. The van der Waals surface area contributed by atoms with E-state index in [0.29, 0.717) is 40.2 Å². The van der Waals surface area contributed by atoms with Gasteiger partial charge in [-0.25, -0.2) is 20.4 Å². The number of nitrogen functional groups attached to an aromatic ring is 1. The smallest absolute Gasteiger partial charge is 0.276 e. The molecule has 43 heavy (non-hydrogen) atoms. The number of para-hydroxylation sites is 1. The summed E-state index contributed by atoms with van der Waals surface area (Å²) in [4.78, 5) is 55.2. The standard InChI is InChI=1S/C29H28N10O4/c1-2-19(36-26-23(25(31)40)24(30)34-15-35-26)27-37-21-10-6-9-20(22(21)29(42)39(27)18-7-4-3-5-8-18)33-14-17-12-11-16(13-32-17)28(41)38-43/h3-13,15,19,33,43H,2,14H2,1H3,(H2,31,40)(H,38,41)(H3,30,34,35,36). The molecule has 5 rings (SSSR count). The van der Waals surface area contributed by atoms with Crippen molar-refractivity contribution in [2.75, 3.05) is 16.4 Å². The number of aromatic nitrogens is 5. The van der Waals surface area contributed by atoms with Crippen LogP contribution < -0.4 is 33.1 Å².